The third-order valence-corrected chi connectivity index (χ3v) is 4.37. The average molecular weight is 368 g/mol. The highest BCUT2D eigenvalue weighted by molar-refractivity contribution is 8.00. The Labute approximate surface area is 146 Å². The molecule has 0 saturated carbocycles. The lowest BCUT2D eigenvalue weighted by Crippen LogP contribution is -2.22. The quantitative estimate of drug-likeness (QED) is 0.786. The molecule has 0 aliphatic heterocycles. The van der Waals surface area contributed by atoms with E-state index in [1.165, 1.54) is 36.4 Å². The molecule has 2 rings (SSSR count). The predicted molar refractivity (Wildman–Crippen MR) is 90.4 cm³/mol. The van der Waals surface area contributed by atoms with Gasteiger partial charge < -0.3 is 11.1 Å². The molecule has 0 aliphatic carbocycles. The number of thioether (sulfide) groups is 1. The summed E-state index contributed by atoms with van der Waals surface area (Å²) in [5.74, 6) is -0.944. The highest BCUT2D eigenvalue weighted by Crippen LogP contribution is 2.33. The first-order chi connectivity index (χ1) is 11.7. The summed E-state index contributed by atoms with van der Waals surface area (Å²) in [6.45, 7) is 1.60. The van der Waals surface area contributed by atoms with E-state index in [4.69, 9.17) is 5.73 Å². The van der Waals surface area contributed by atoms with E-state index in [9.17, 15) is 22.8 Å². The first-order valence-corrected chi connectivity index (χ1v) is 8.09. The van der Waals surface area contributed by atoms with Crippen LogP contribution in [0.25, 0.3) is 0 Å². The number of hydrogen-bond donors (Lipinski definition) is 2. The van der Waals surface area contributed by atoms with E-state index in [2.05, 4.69) is 5.32 Å². The summed E-state index contributed by atoms with van der Waals surface area (Å²) in [4.78, 5) is 23.5. The van der Waals surface area contributed by atoms with Crippen molar-refractivity contribution in [3.8, 4) is 0 Å². The Bertz CT molecular complexity index is 776. The van der Waals surface area contributed by atoms with Crippen LogP contribution in [0.4, 0.5) is 18.9 Å². The third kappa shape index (κ3) is 5.25. The lowest BCUT2D eigenvalue weighted by molar-refractivity contribution is -0.137. The molecule has 132 valence electrons. The lowest BCUT2D eigenvalue weighted by Gasteiger charge is -2.13. The standard InChI is InChI=1S/C17H15F3N2O2S/c1-10(25-14-4-2-3-12(9-14)17(18,19)20)16(24)22-13-7-5-11(6-8-13)15(21)23/h2-10H,1H3,(H2,21,23)(H,22,24). The SMILES string of the molecule is CC(Sc1cccc(C(F)(F)F)c1)C(=O)Nc1ccc(C(N)=O)cc1. The van der Waals surface area contributed by atoms with Crippen molar-refractivity contribution in [2.75, 3.05) is 5.32 Å². The van der Waals surface area contributed by atoms with Gasteiger partial charge in [0, 0.05) is 16.1 Å². The summed E-state index contributed by atoms with van der Waals surface area (Å²) in [6.07, 6.45) is -4.43. The molecule has 2 aromatic rings. The molecule has 3 N–H and O–H groups in total. The van der Waals surface area contributed by atoms with Crippen molar-refractivity contribution in [2.24, 2.45) is 5.73 Å². The number of carbonyl (C=O) groups is 2. The summed E-state index contributed by atoms with van der Waals surface area (Å²) >= 11 is 1.02. The van der Waals surface area contributed by atoms with Crippen LogP contribution < -0.4 is 11.1 Å². The summed E-state index contributed by atoms with van der Waals surface area (Å²) in [7, 11) is 0. The van der Waals surface area contributed by atoms with Gasteiger partial charge in [-0.05, 0) is 49.4 Å². The van der Waals surface area contributed by atoms with E-state index >= 15 is 0 Å². The number of rotatable bonds is 5. The van der Waals surface area contributed by atoms with Crippen LogP contribution in [0.1, 0.15) is 22.8 Å². The normalized spacial score (nSPS) is 12.5. The maximum atomic E-state index is 12.7. The highest BCUT2D eigenvalue weighted by Gasteiger charge is 2.30. The molecule has 2 amide bonds. The molecule has 0 heterocycles. The van der Waals surface area contributed by atoms with Gasteiger partial charge in [0.2, 0.25) is 11.8 Å². The predicted octanol–water partition coefficient (Wildman–Crippen LogP) is 3.92. The first kappa shape index (κ1) is 18.9. The summed E-state index contributed by atoms with van der Waals surface area (Å²) < 4.78 is 38.2. The van der Waals surface area contributed by atoms with Crippen molar-refractivity contribution in [3.63, 3.8) is 0 Å². The number of nitrogens with two attached hydrogens (primary N) is 1. The highest BCUT2D eigenvalue weighted by atomic mass is 32.2. The Morgan fingerprint density at radius 3 is 2.32 bits per heavy atom. The molecule has 2 aromatic carbocycles. The van der Waals surface area contributed by atoms with Gasteiger partial charge in [0.15, 0.2) is 0 Å². The number of nitrogens with one attached hydrogen (secondary N) is 1. The Balaban J connectivity index is 2.02. The van der Waals surface area contributed by atoms with Crippen LogP contribution in [0.5, 0.6) is 0 Å². The third-order valence-electron chi connectivity index (χ3n) is 3.28. The number of anilines is 1. The largest absolute Gasteiger partial charge is 0.416 e. The second-order valence-electron chi connectivity index (χ2n) is 5.22. The Morgan fingerprint density at radius 1 is 1.12 bits per heavy atom. The molecule has 0 fully saturated rings. The molecule has 4 nitrogen and oxygen atoms in total. The van der Waals surface area contributed by atoms with E-state index in [0.29, 0.717) is 16.1 Å². The number of carbonyl (C=O) groups excluding carboxylic acids is 2. The van der Waals surface area contributed by atoms with Gasteiger partial charge in [0.05, 0.1) is 10.8 Å². The van der Waals surface area contributed by atoms with E-state index < -0.39 is 22.9 Å². The van der Waals surface area contributed by atoms with Crippen molar-refractivity contribution < 1.29 is 22.8 Å². The Morgan fingerprint density at radius 2 is 1.76 bits per heavy atom. The zero-order valence-electron chi connectivity index (χ0n) is 13.1. The molecule has 1 atom stereocenters. The van der Waals surface area contributed by atoms with Crippen LogP contribution in [-0.2, 0) is 11.0 Å². The van der Waals surface area contributed by atoms with Crippen molar-refractivity contribution >= 4 is 29.3 Å². The van der Waals surface area contributed by atoms with Crippen molar-refractivity contribution in [2.45, 2.75) is 23.2 Å². The van der Waals surface area contributed by atoms with Crippen LogP contribution in [0.3, 0.4) is 0 Å². The molecular formula is C17H15F3N2O2S. The van der Waals surface area contributed by atoms with Gasteiger partial charge >= 0.3 is 6.18 Å². The molecule has 25 heavy (non-hydrogen) atoms. The molecule has 0 radical (unpaired) electrons. The molecule has 0 aliphatic rings. The number of alkyl halides is 3. The minimum absolute atomic E-state index is 0.310. The molecular weight excluding hydrogens is 353 g/mol. The number of primary amides is 1. The zero-order chi connectivity index (χ0) is 18.6. The Hall–Kier alpha value is -2.48. The molecule has 0 bridgehead atoms. The summed E-state index contributed by atoms with van der Waals surface area (Å²) in [6, 6.07) is 10.8. The van der Waals surface area contributed by atoms with Gasteiger partial charge in [-0.15, -0.1) is 11.8 Å². The molecule has 8 heteroatoms. The topological polar surface area (TPSA) is 72.2 Å². The maximum Gasteiger partial charge on any atom is 0.416 e. The molecule has 0 saturated heterocycles. The fourth-order valence-electron chi connectivity index (χ4n) is 1.97. The van der Waals surface area contributed by atoms with Crippen molar-refractivity contribution in [3.05, 3.63) is 59.7 Å². The smallest absolute Gasteiger partial charge is 0.366 e. The van der Waals surface area contributed by atoms with Crippen LogP contribution in [0, 0.1) is 0 Å². The van der Waals surface area contributed by atoms with E-state index in [-0.39, 0.29) is 5.91 Å². The fourth-order valence-corrected chi connectivity index (χ4v) is 2.89. The number of hydrogen-bond acceptors (Lipinski definition) is 3. The van der Waals surface area contributed by atoms with Crippen molar-refractivity contribution in [1.29, 1.82) is 0 Å². The fraction of sp³-hybridized carbons (Fsp3) is 0.176. The van der Waals surface area contributed by atoms with Crippen LogP contribution in [0.2, 0.25) is 0 Å². The maximum absolute atomic E-state index is 12.7. The second kappa shape index (κ2) is 7.60. The van der Waals surface area contributed by atoms with Crippen LogP contribution in [0.15, 0.2) is 53.4 Å². The minimum Gasteiger partial charge on any atom is -0.366 e. The average Bonchev–Trinajstić information content (AvgIpc) is 2.54. The number of amides is 2. The van der Waals surface area contributed by atoms with E-state index in [1.54, 1.807) is 6.92 Å². The van der Waals surface area contributed by atoms with Gasteiger partial charge in [-0.1, -0.05) is 6.07 Å². The van der Waals surface area contributed by atoms with E-state index in [0.717, 1.165) is 23.9 Å². The van der Waals surface area contributed by atoms with Gasteiger partial charge in [0.25, 0.3) is 0 Å². The van der Waals surface area contributed by atoms with Gasteiger partial charge in [-0.2, -0.15) is 13.2 Å². The number of halogens is 3. The van der Waals surface area contributed by atoms with E-state index in [1.807, 2.05) is 0 Å². The minimum atomic E-state index is -4.43. The monoisotopic (exact) mass is 368 g/mol. The van der Waals surface area contributed by atoms with Crippen molar-refractivity contribution in [1.82, 2.24) is 0 Å². The molecule has 1 unspecified atom stereocenters. The second-order valence-corrected chi connectivity index (χ2v) is 6.63. The van der Waals surface area contributed by atoms with Crippen LogP contribution >= 0.6 is 11.8 Å². The zero-order valence-corrected chi connectivity index (χ0v) is 13.9. The van der Waals surface area contributed by atoms with Gasteiger partial charge in [0.1, 0.15) is 0 Å². The first-order valence-electron chi connectivity index (χ1n) is 7.21. The summed E-state index contributed by atoms with van der Waals surface area (Å²) in [5.41, 5.74) is 5.15. The Kier molecular flexibility index (Phi) is 5.73. The van der Waals surface area contributed by atoms with Gasteiger partial charge in [-0.25, -0.2) is 0 Å². The summed E-state index contributed by atoms with van der Waals surface area (Å²) in [5, 5.41) is 2.03. The molecule has 0 aromatic heterocycles. The lowest BCUT2D eigenvalue weighted by atomic mass is 10.2. The van der Waals surface area contributed by atoms with Gasteiger partial charge in [-0.3, -0.25) is 9.59 Å². The van der Waals surface area contributed by atoms with Crippen LogP contribution in [-0.4, -0.2) is 17.1 Å². The number of benzene rings is 2. The molecule has 0 spiro atoms.